The van der Waals surface area contributed by atoms with Crippen LogP contribution in [0.15, 0.2) is 12.7 Å². The summed E-state index contributed by atoms with van der Waals surface area (Å²) in [5, 5.41) is 48.8. The molecule has 2 saturated heterocycles. The van der Waals surface area contributed by atoms with Crippen LogP contribution in [-0.4, -0.2) is 137 Å². The van der Waals surface area contributed by atoms with E-state index in [1.165, 1.54) is 31.4 Å². The van der Waals surface area contributed by atoms with Crippen LogP contribution in [0.5, 0.6) is 0 Å². The van der Waals surface area contributed by atoms with Crippen LogP contribution in [0.2, 0.25) is 0 Å². The van der Waals surface area contributed by atoms with E-state index in [9.17, 15) is 39.3 Å². The Kier molecular flexibility index (Phi) is 10.3. The van der Waals surface area contributed by atoms with Gasteiger partial charge in [0.25, 0.3) is 0 Å². The van der Waals surface area contributed by atoms with Crippen molar-refractivity contribution in [3.8, 4) is 0 Å². The summed E-state index contributed by atoms with van der Waals surface area (Å²) >= 11 is 0. The van der Waals surface area contributed by atoms with Crippen LogP contribution in [0.25, 0.3) is 11.2 Å². The van der Waals surface area contributed by atoms with Gasteiger partial charge in [-0.25, -0.2) is 24.1 Å². The van der Waals surface area contributed by atoms with Gasteiger partial charge in [0.1, 0.15) is 60.7 Å². The number of fused-ring (bicyclic) bond motifs is 1. The summed E-state index contributed by atoms with van der Waals surface area (Å²) in [5.74, 6) is 0.111. The lowest BCUT2D eigenvalue weighted by Gasteiger charge is -2.41. The van der Waals surface area contributed by atoms with Gasteiger partial charge in [0.05, 0.1) is 19.5 Å². The van der Waals surface area contributed by atoms with Crippen molar-refractivity contribution >= 4 is 32.6 Å². The predicted octanol–water partition coefficient (Wildman–Crippen LogP) is -3.25. The molecule has 2 aromatic rings. The highest BCUT2D eigenvalue weighted by molar-refractivity contribution is 7.61. The first-order valence-electron chi connectivity index (χ1n) is 12.1. The highest BCUT2D eigenvalue weighted by Crippen LogP contribution is 2.61. The third-order valence-corrected chi connectivity index (χ3v) is 9.11. The third-order valence-electron chi connectivity index (χ3n) is 6.51. The number of nitrogens with zero attached hydrogens (tertiary/aromatic N) is 4. The smallest absolute Gasteiger partial charge is 0.394 e. The van der Waals surface area contributed by atoms with Crippen LogP contribution in [-0.2, 0) is 41.4 Å². The van der Waals surface area contributed by atoms with Gasteiger partial charge in [-0.2, -0.15) is 4.31 Å². The molecule has 0 radical (unpaired) electrons. The van der Waals surface area contributed by atoms with Gasteiger partial charge < -0.3 is 60.0 Å². The fourth-order valence-electron chi connectivity index (χ4n) is 4.51. The summed E-state index contributed by atoms with van der Waals surface area (Å²) in [7, 11) is -8.36. The van der Waals surface area contributed by atoms with E-state index in [4.69, 9.17) is 34.3 Å². The SMILES string of the molecule is COC1C(COP(=O)(O)OP(=O)(O)OC2OC([C@H](O)CO)C(O)C(O)C2O)OC(n2cnc3c(N)ncnc32)C1OC. The average molecular weight is 647 g/mol. The molecule has 238 valence electrons. The third kappa shape index (κ3) is 6.81. The van der Waals surface area contributed by atoms with Crippen LogP contribution in [0.4, 0.5) is 5.82 Å². The monoisotopic (exact) mass is 647 g/mol. The van der Waals surface area contributed by atoms with Gasteiger partial charge in [0, 0.05) is 14.2 Å². The molecule has 2 aliphatic heterocycles. The van der Waals surface area contributed by atoms with Crippen molar-refractivity contribution in [2.45, 2.75) is 61.3 Å². The summed E-state index contributed by atoms with van der Waals surface area (Å²) in [6.07, 6.45) is -13.3. The maximum absolute atomic E-state index is 12.6. The molecule has 2 fully saturated rings. The molecule has 0 amide bonds. The molecule has 0 bridgehead atoms. The van der Waals surface area contributed by atoms with Gasteiger partial charge in [-0.05, 0) is 0 Å². The minimum atomic E-state index is -5.61. The van der Waals surface area contributed by atoms with Gasteiger partial charge in [0.15, 0.2) is 24.0 Å². The summed E-state index contributed by atoms with van der Waals surface area (Å²) in [5.41, 5.74) is 6.40. The summed E-state index contributed by atoms with van der Waals surface area (Å²) < 4.78 is 62.1. The first kappa shape index (κ1) is 33.1. The number of phosphoric ester groups is 2. The van der Waals surface area contributed by atoms with Crippen LogP contribution in [0.3, 0.4) is 0 Å². The molecule has 2 aromatic heterocycles. The van der Waals surface area contributed by atoms with Gasteiger partial charge in [-0.15, -0.1) is 0 Å². The number of aromatic nitrogens is 4. The number of rotatable bonds is 12. The molecule has 23 heteroatoms. The zero-order valence-corrected chi connectivity index (χ0v) is 23.7. The Morgan fingerprint density at radius 3 is 2.36 bits per heavy atom. The standard InChI is InChI=1S/C19H31N5O16P2/c1-34-14-8(37-18(15(14)35-2)24-6-23-9-16(20)21-5-22-17(9)24)4-36-41(30,31)40-42(32,33)39-19-12(29)10(27)11(28)13(38-19)7(26)3-25/h5-8,10-15,18-19,25-29H,3-4H2,1-2H3,(H,30,31)(H,32,33)(H2,20,21,22)/t7-,8?,10?,11?,12?,13?,14?,15?,18?,19?/m1/s1. The molecule has 11 unspecified atom stereocenters. The number of ether oxygens (including phenoxy) is 4. The molecular weight excluding hydrogens is 616 g/mol. The fraction of sp³-hybridized carbons (Fsp3) is 0.737. The lowest BCUT2D eigenvalue weighted by molar-refractivity contribution is -0.292. The number of imidazole rings is 1. The lowest BCUT2D eigenvalue weighted by atomic mass is 9.96. The Balaban J connectivity index is 1.43. The van der Waals surface area contributed by atoms with Crippen molar-refractivity contribution < 1.29 is 76.8 Å². The van der Waals surface area contributed by atoms with Crippen molar-refractivity contribution in [2.24, 2.45) is 0 Å². The maximum atomic E-state index is 12.6. The molecule has 0 aliphatic carbocycles. The van der Waals surface area contributed by atoms with Crippen LogP contribution in [0, 0.1) is 0 Å². The van der Waals surface area contributed by atoms with E-state index in [1.54, 1.807) is 0 Å². The molecule has 21 nitrogen and oxygen atoms in total. The molecule has 0 saturated carbocycles. The minimum Gasteiger partial charge on any atom is -0.394 e. The Hall–Kier alpha value is -1.75. The number of nitrogen functional groups attached to an aromatic ring is 1. The Bertz CT molecular complexity index is 1320. The summed E-state index contributed by atoms with van der Waals surface area (Å²) in [6, 6.07) is 0. The Morgan fingerprint density at radius 1 is 1.02 bits per heavy atom. The topological polar surface area (TPSA) is 310 Å². The molecule has 9 N–H and O–H groups in total. The number of aliphatic hydroxyl groups excluding tert-OH is 5. The zero-order valence-electron chi connectivity index (χ0n) is 21.9. The molecule has 2 aliphatic rings. The van der Waals surface area contributed by atoms with E-state index in [1.807, 2.05) is 0 Å². The predicted molar refractivity (Wildman–Crippen MR) is 133 cm³/mol. The highest BCUT2D eigenvalue weighted by Gasteiger charge is 2.51. The highest BCUT2D eigenvalue weighted by atomic mass is 31.3. The van der Waals surface area contributed by atoms with Gasteiger partial charge >= 0.3 is 15.6 Å². The summed E-state index contributed by atoms with van der Waals surface area (Å²) in [4.78, 5) is 32.4. The van der Waals surface area contributed by atoms with E-state index in [0.717, 1.165) is 0 Å². The van der Waals surface area contributed by atoms with Crippen LogP contribution in [0.1, 0.15) is 6.23 Å². The molecule has 42 heavy (non-hydrogen) atoms. The number of hydrogen-bond donors (Lipinski definition) is 8. The molecule has 0 aromatic carbocycles. The van der Waals surface area contributed by atoms with Crippen molar-refractivity contribution in [3.05, 3.63) is 12.7 Å². The normalized spacial score (nSPS) is 35.6. The number of methoxy groups -OCH3 is 2. The van der Waals surface area contributed by atoms with Crippen molar-refractivity contribution in [1.82, 2.24) is 19.5 Å². The van der Waals surface area contributed by atoms with E-state index < -0.39 is 90.2 Å². The van der Waals surface area contributed by atoms with Crippen molar-refractivity contribution in [2.75, 3.05) is 33.2 Å². The number of hydrogen-bond acceptors (Lipinski definition) is 18. The van der Waals surface area contributed by atoms with Gasteiger partial charge in [-0.1, -0.05) is 0 Å². The fourth-order valence-corrected chi connectivity index (χ4v) is 6.67. The Labute approximate surface area is 236 Å². The largest absolute Gasteiger partial charge is 0.483 e. The molecule has 4 heterocycles. The average Bonchev–Trinajstić information content (AvgIpc) is 3.52. The molecular formula is C19H31N5O16P2. The van der Waals surface area contributed by atoms with Crippen molar-refractivity contribution in [3.63, 3.8) is 0 Å². The first-order chi connectivity index (χ1) is 19.7. The number of nitrogens with two attached hydrogens (primary N) is 1. The van der Waals surface area contributed by atoms with E-state index >= 15 is 0 Å². The van der Waals surface area contributed by atoms with Crippen LogP contribution >= 0.6 is 15.6 Å². The number of phosphoric acid groups is 2. The number of anilines is 1. The van der Waals surface area contributed by atoms with Gasteiger partial charge in [-0.3, -0.25) is 13.6 Å². The van der Waals surface area contributed by atoms with E-state index in [0.29, 0.717) is 5.65 Å². The first-order valence-corrected chi connectivity index (χ1v) is 15.0. The minimum absolute atomic E-state index is 0.111. The van der Waals surface area contributed by atoms with Crippen molar-refractivity contribution in [1.29, 1.82) is 0 Å². The van der Waals surface area contributed by atoms with Gasteiger partial charge in [0.2, 0.25) is 0 Å². The molecule has 4 rings (SSSR count). The van der Waals surface area contributed by atoms with Crippen LogP contribution < -0.4 is 5.73 Å². The number of aliphatic hydroxyl groups is 5. The molecule has 12 atom stereocenters. The zero-order chi connectivity index (χ0) is 31.0. The second-order valence-electron chi connectivity index (χ2n) is 9.16. The summed E-state index contributed by atoms with van der Waals surface area (Å²) in [6.45, 7) is -1.70. The lowest BCUT2D eigenvalue weighted by Crippen LogP contribution is -2.61. The maximum Gasteiger partial charge on any atom is 0.483 e. The molecule has 0 spiro atoms. The quantitative estimate of drug-likeness (QED) is 0.105. The second kappa shape index (κ2) is 13.1. The van der Waals surface area contributed by atoms with E-state index in [-0.39, 0.29) is 11.3 Å². The van der Waals surface area contributed by atoms with E-state index in [2.05, 4.69) is 23.8 Å². The Morgan fingerprint density at radius 2 is 1.71 bits per heavy atom. The second-order valence-corrected chi connectivity index (χ2v) is 12.2.